The van der Waals surface area contributed by atoms with Crippen molar-refractivity contribution in [3.63, 3.8) is 0 Å². The van der Waals surface area contributed by atoms with Gasteiger partial charge < -0.3 is 0 Å². The van der Waals surface area contributed by atoms with Crippen LogP contribution in [0.25, 0.3) is 5.57 Å². The highest BCUT2D eigenvalue weighted by Gasteiger charge is 2.32. The molecule has 0 aliphatic heterocycles. The number of rotatable bonds is 2. The monoisotopic (exact) mass is 194 g/mol. The first-order valence-corrected chi connectivity index (χ1v) is 4.93. The zero-order chi connectivity index (χ0) is 10.3. The molecule has 0 unspecified atom stereocenters. The topological polar surface area (TPSA) is 17.8 Å². The van der Waals surface area contributed by atoms with E-state index in [4.69, 9.17) is 0 Å². The average Bonchev–Trinajstić information content (AvgIpc) is 2.41. The number of alkyl halides is 1. The molecule has 0 radical (unpaired) electrons. The number of aromatic nitrogens is 2. The molecule has 14 heavy (non-hydrogen) atoms. The predicted octanol–water partition coefficient (Wildman–Crippen LogP) is 2.90. The summed E-state index contributed by atoms with van der Waals surface area (Å²) >= 11 is 0. The first-order chi connectivity index (χ1) is 6.59. The van der Waals surface area contributed by atoms with Gasteiger partial charge in [-0.15, -0.1) is 0 Å². The van der Waals surface area contributed by atoms with Gasteiger partial charge in [-0.1, -0.05) is 6.58 Å². The molecular formula is C11H15FN2. The van der Waals surface area contributed by atoms with E-state index in [-0.39, 0.29) is 6.04 Å². The number of hydrogen-bond donors (Lipinski definition) is 0. The lowest BCUT2D eigenvalue weighted by atomic mass is 9.90. The number of halogens is 1. The van der Waals surface area contributed by atoms with Crippen molar-refractivity contribution in [1.82, 2.24) is 9.78 Å². The van der Waals surface area contributed by atoms with Crippen molar-refractivity contribution < 1.29 is 4.39 Å². The minimum Gasteiger partial charge on any atom is -0.262 e. The minimum atomic E-state index is -0.637. The molecule has 3 heteroatoms. The van der Waals surface area contributed by atoms with Crippen molar-refractivity contribution in [1.29, 1.82) is 0 Å². The summed E-state index contributed by atoms with van der Waals surface area (Å²) in [5.41, 5.74) is 3.20. The number of aryl methyl sites for hydroxylation is 1. The molecule has 0 N–H and O–H groups in total. The Bertz CT molecular complexity index is 361. The Morgan fingerprint density at radius 1 is 1.64 bits per heavy atom. The zero-order valence-electron chi connectivity index (χ0n) is 8.63. The lowest BCUT2D eigenvalue weighted by Crippen LogP contribution is -2.29. The van der Waals surface area contributed by atoms with Gasteiger partial charge in [0.2, 0.25) is 0 Å². The van der Waals surface area contributed by atoms with Crippen molar-refractivity contribution in [2.24, 2.45) is 0 Å². The summed E-state index contributed by atoms with van der Waals surface area (Å²) in [5, 5.41) is 4.28. The Morgan fingerprint density at radius 2 is 2.29 bits per heavy atom. The van der Waals surface area contributed by atoms with Gasteiger partial charge in [0, 0.05) is 12.8 Å². The van der Waals surface area contributed by atoms with E-state index in [1.165, 1.54) is 0 Å². The highest BCUT2D eigenvalue weighted by molar-refractivity contribution is 5.61. The molecule has 0 spiro atoms. The first kappa shape index (κ1) is 9.44. The van der Waals surface area contributed by atoms with E-state index in [0.29, 0.717) is 12.8 Å². The Balaban J connectivity index is 2.30. The molecule has 0 amide bonds. The standard InChI is InChI=1S/C11H15FN2/c1-7(2)11-8(3)6-13-14(11)10-4-9(12)5-10/h6,9-10H,1,4-5H2,2-3H3. The summed E-state index contributed by atoms with van der Waals surface area (Å²) in [4.78, 5) is 0. The van der Waals surface area contributed by atoms with E-state index >= 15 is 0 Å². The predicted molar refractivity (Wildman–Crippen MR) is 54.8 cm³/mol. The Labute approximate surface area is 83.4 Å². The van der Waals surface area contributed by atoms with E-state index in [0.717, 1.165) is 16.8 Å². The second-order valence-corrected chi connectivity index (χ2v) is 4.12. The summed E-state index contributed by atoms with van der Waals surface area (Å²) in [7, 11) is 0. The summed E-state index contributed by atoms with van der Waals surface area (Å²) in [6.07, 6.45) is 2.39. The second kappa shape index (κ2) is 3.23. The molecule has 1 aliphatic carbocycles. The Hall–Kier alpha value is -1.12. The van der Waals surface area contributed by atoms with Crippen LogP contribution in [0.3, 0.4) is 0 Å². The van der Waals surface area contributed by atoms with Crippen LogP contribution in [0.1, 0.15) is 37.1 Å². The molecule has 0 bridgehead atoms. The van der Waals surface area contributed by atoms with E-state index in [1.807, 2.05) is 24.7 Å². The van der Waals surface area contributed by atoms with Crippen LogP contribution < -0.4 is 0 Å². The molecule has 1 aromatic heterocycles. The number of allylic oxidation sites excluding steroid dienone is 1. The average molecular weight is 194 g/mol. The molecule has 1 heterocycles. The van der Waals surface area contributed by atoms with Crippen LogP contribution >= 0.6 is 0 Å². The maximum Gasteiger partial charge on any atom is 0.104 e. The minimum absolute atomic E-state index is 0.241. The zero-order valence-corrected chi connectivity index (χ0v) is 8.63. The quantitative estimate of drug-likeness (QED) is 0.707. The molecule has 1 saturated carbocycles. The van der Waals surface area contributed by atoms with Gasteiger partial charge in [-0.25, -0.2) is 4.39 Å². The normalized spacial score (nSPS) is 25.9. The van der Waals surface area contributed by atoms with Crippen molar-refractivity contribution in [2.75, 3.05) is 0 Å². The molecule has 2 nitrogen and oxygen atoms in total. The molecule has 0 aromatic carbocycles. The molecule has 0 atom stereocenters. The van der Waals surface area contributed by atoms with Crippen LogP contribution in [-0.4, -0.2) is 16.0 Å². The molecule has 1 fully saturated rings. The molecule has 1 aromatic rings. The highest BCUT2D eigenvalue weighted by Crippen LogP contribution is 2.36. The lowest BCUT2D eigenvalue weighted by Gasteiger charge is -2.31. The van der Waals surface area contributed by atoms with Crippen LogP contribution in [0.4, 0.5) is 4.39 Å². The molecule has 1 aliphatic rings. The molecule has 2 rings (SSSR count). The fourth-order valence-corrected chi connectivity index (χ4v) is 1.98. The van der Waals surface area contributed by atoms with E-state index in [1.54, 1.807) is 0 Å². The summed E-state index contributed by atoms with van der Waals surface area (Å²) in [6.45, 7) is 7.90. The third kappa shape index (κ3) is 1.37. The van der Waals surface area contributed by atoms with Gasteiger partial charge in [0.05, 0.1) is 17.9 Å². The maximum absolute atomic E-state index is 12.7. The van der Waals surface area contributed by atoms with Gasteiger partial charge in [0.15, 0.2) is 0 Å². The van der Waals surface area contributed by atoms with Crippen LogP contribution in [0, 0.1) is 6.92 Å². The Morgan fingerprint density at radius 3 is 2.79 bits per heavy atom. The maximum atomic E-state index is 12.7. The summed E-state index contributed by atoms with van der Waals surface area (Å²) in [6, 6.07) is 0.241. The van der Waals surface area contributed by atoms with E-state index < -0.39 is 6.17 Å². The largest absolute Gasteiger partial charge is 0.262 e. The number of hydrogen-bond acceptors (Lipinski definition) is 1. The highest BCUT2D eigenvalue weighted by atomic mass is 19.1. The lowest BCUT2D eigenvalue weighted by molar-refractivity contribution is 0.127. The smallest absolute Gasteiger partial charge is 0.104 e. The van der Waals surface area contributed by atoms with Gasteiger partial charge >= 0.3 is 0 Å². The molecular weight excluding hydrogens is 179 g/mol. The van der Waals surface area contributed by atoms with Gasteiger partial charge in [0.1, 0.15) is 6.17 Å². The SMILES string of the molecule is C=C(C)c1c(C)cnn1C1CC(F)C1. The fraction of sp³-hybridized carbons (Fsp3) is 0.545. The number of nitrogens with zero attached hydrogens (tertiary/aromatic N) is 2. The van der Waals surface area contributed by atoms with Crippen molar-refractivity contribution >= 4 is 5.57 Å². The van der Waals surface area contributed by atoms with Crippen LogP contribution in [0.15, 0.2) is 12.8 Å². The van der Waals surface area contributed by atoms with E-state index in [2.05, 4.69) is 11.7 Å². The Kier molecular flexibility index (Phi) is 2.17. The van der Waals surface area contributed by atoms with Gasteiger partial charge in [-0.05, 0) is 25.0 Å². The van der Waals surface area contributed by atoms with Gasteiger partial charge in [0.25, 0.3) is 0 Å². The second-order valence-electron chi connectivity index (χ2n) is 4.12. The van der Waals surface area contributed by atoms with Crippen LogP contribution in [0.2, 0.25) is 0 Å². The third-order valence-electron chi connectivity index (χ3n) is 2.78. The molecule has 76 valence electrons. The third-order valence-corrected chi connectivity index (χ3v) is 2.78. The van der Waals surface area contributed by atoms with Crippen molar-refractivity contribution in [2.45, 2.75) is 38.9 Å². The van der Waals surface area contributed by atoms with Crippen LogP contribution in [0.5, 0.6) is 0 Å². The van der Waals surface area contributed by atoms with Gasteiger partial charge in [-0.2, -0.15) is 5.10 Å². The fourth-order valence-electron chi connectivity index (χ4n) is 1.98. The first-order valence-electron chi connectivity index (χ1n) is 4.93. The van der Waals surface area contributed by atoms with Gasteiger partial charge in [-0.3, -0.25) is 4.68 Å². The molecule has 0 saturated heterocycles. The van der Waals surface area contributed by atoms with Crippen molar-refractivity contribution in [3.05, 3.63) is 24.0 Å². The summed E-state index contributed by atoms with van der Waals surface area (Å²) in [5.74, 6) is 0. The van der Waals surface area contributed by atoms with Crippen molar-refractivity contribution in [3.8, 4) is 0 Å². The van der Waals surface area contributed by atoms with E-state index in [9.17, 15) is 4.39 Å². The van der Waals surface area contributed by atoms with Crippen LogP contribution in [-0.2, 0) is 0 Å². The summed E-state index contributed by atoms with van der Waals surface area (Å²) < 4.78 is 14.7.